The first kappa shape index (κ1) is 16.8. The first-order valence-electron chi connectivity index (χ1n) is 8.59. The molecule has 0 amide bonds. The largest absolute Gasteiger partial charge is 0.493 e. The van der Waals surface area contributed by atoms with Gasteiger partial charge in [0.1, 0.15) is 11.5 Å². The third-order valence-corrected chi connectivity index (χ3v) is 4.94. The molecular weight excluding hydrogens is 335 g/mol. The van der Waals surface area contributed by atoms with E-state index >= 15 is 0 Å². The van der Waals surface area contributed by atoms with Gasteiger partial charge in [0.15, 0.2) is 17.2 Å². The number of ether oxygens (including phenoxy) is 1. The number of aliphatic hydroxyl groups excluding tert-OH is 1. The van der Waals surface area contributed by atoms with Gasteiger partial charge in [-0.05, 0) is 43.7 Å². The van der Waals surface area contributed by atoms with Gasteiger partial charge in [-0.2, -0.15) is 0 Å². The first-order chi connectivity index (χ1) is 12.4. The Balaban J connectivity index is 1.88. The molecule has 0 saturated heterocycles. The Morgan fingerprint density at radius 3 is 2.81 bits per heavy atom. The lowest BCUT2D eigenvalue weighted by molar-refractivity contribution is 0.102. The number of benzene rings is 2. The summed E-state index contributed by atoms with van der Waals surface area (Å²) >= 11 is 0. The molecule has 0 bridgehead atoms. The van der Waals surface area contributed by atoms with Crippen LogP contribution >= 0.6 is 0 Å². The van der Waals surface area contributed by atoms with Crippen LogP contribution in [0.5, 0.6) is 5.75 Å². The Hall–Kier alpha value is -2.66. The third-order valence-electron chi connectivity index (χ3n) is 4.94. The smallest absolute Gasteiger partial charge is 0.197 e. The van der Waals surface area contributed by atoms with Gasteiger partial charge in [0.05, 0.1) is 12.2 Å². The molecular formula is C21H19FO4. The summed E-state index contributed by atoms with van der Waals surface area (Å²) in [7, 11) is 0. The summed E-state index contributed by atoms with van der Waals surface area (Å²) in [6.07, 6.45) is 0.534. The zero-order chi connectivity index (χ0) is 18.5. The Morgan fingerprint density at radius 1 is 1.23 bits per heavy atom. The average Bonchev–Trinajstić information content (AvgIpc) is 3.03. The van der Waals surface area contributed by atoms with E-state index in [4.69, 9.17) is 14.3 Å². The van der Waals surface area contributed by atoms with Crippen molar-refractivity contribution in [2.24, 2.45) is 0 Å². The average molecular weight is 354 g/mol. The van der Waals surface area contributed by atoms with Crippen LogP contribution in [0.1, 0.15) is 47.5 Å². The van der Waals surface area contributed by atoms with Crippen LogP contribution in [0.25, 0.3) is 11.0 Å². The molecule has 4 nitrogen and oxygen atoms in total. The molecule has 0 spiro atoms. The summed E-state index contributed by atoms with van der Waals surface area (Å²) in [6.45, 7) is 4.36. The van der Waals surface area contributed by atoms with Crippen LogP contribution in [-0.2, 0) is 5.41 Å². The van der Waals surface area contributed by atoms with Crippen LogP contribution in [0.4, 0.5) is 4.39 Å². The second-order valence-corrected chi connectivity index (χ2v) is 7.01. The van der Waals surface area contributed by atoms with Gasteiger partial charge >= 0.3 is 0 Å². The molecule has 4 rings (SSSR count). The number of hydrogen-bond acceptors (Lipinski definition) is 4. The second kappa shape index (κ2) is 5.95. The molecule has 0 unspecified atom stereocenters. The van der Waals surface area contributed by atoms with Gasteiger partial charge in [-0.1, -0.05) is 12.1 Å². The molecule has 1 aliphatic rings. The van der Waals surface area contributed by atoms with E-state index in [0.717, 1.165) is 5.56 Å². The highest BCUT2D eigenvalue weighted by Gasteiger charge is 2.42. The number of fused-ring (bicyclic) bond motifs is 4. The monoisotopic (exact) mass is 354 g/mol. The number of carbonyl (C=O) groups excluding carboxylic acids is 1. The highest BCUT2D eigenvalue weighted by atomic mass is 19.1. The first-order valence-corrected chi connectivity index (χ1v) is 8.59. The molecule has 1 aromatic heterocycles. The van der Waals surface area contributed by atoms with E-state index in [1.165, 1.54) is 6.07 Å². The second-order valence-electron chi connectivity index (χ2n) is 7.01. The van der Waals surface area contributed by atoms with Crippen molar-refractivity contribution >= 4 is 16.8 Å². The highest BCUT2D eigenvalue weighted by molar-refractivity contribution is 6.19. The lowest BCUT2D eigenvalue weighted by Gasteiger charge is -2.30. The lowest BCUT2D eigenvalue weighted by Crippen LogP contribution is -2.29. The number of aliphatic hydroxyl groups is 1. The Bertz CT molecular complexity index is 1020. The summed E-state index contributed by atoms with van der Waals surface area (Å²) in [5.74, 6) is 0.463. The van der Waals surface area contributed by atoms with Crippen molar-refractivity contribution in [3.63, 3.8) is 0 Å². The van der Waals surface area contributed by atoms with Crippen molar-refractivity contribution < 1.29 is 23.4 Å². The van der Waals surface area contributed by atoms with Gasteiger partial charge in [0.25, 0.3) is 0 Å². The highest BCUT2D eigenvalue weighted by Crippen LogP contribution is 2.46. The van der Waals surface area contributed by atoms with Gasteiger partial charge in [-0.3, -0.25) is 4.79 Å². The Labute approximate surface area is 150 Å². The molecule has 0 saturated carbocycles. The molecule has 0 radical (unpaired) electrons. The standard InChI is InChI=1S/C21H19FO4/c1-21(2)15-11-12(25-10-4-9-23)7-8-13(15)18(24)17-14-5-3-6-16(22)19(14)26-20(17)21/h3,5-8,11,23H,4,9-10H2,1-2H3. The van der Waals surface area contributed by atoms with E-state index in [2.05, 4.69) is 0 Å². The van der Waals surface area contributed by atoms with Gasteiger partial charge in [-0.25, -0.2) is 4.39 Å². The van der Waals surface area contributed by atoms with Gasteiger partial charge in [0, 0.05) is 29.4 Å². The van der Waals surface area contributed by atoms with E-state index in [9.17, 15) is 9.18 Å². The number of carbonyl (C=O) groups is 1. The molecule has 0 aliphatic heterocycles. The summed E-state index contributed by atoms with van der Waals surface area (Å²) in [4.78, 5) is 13.1. The summed E-state index contributed by atoms with van der Waals surface area (Å²) in [5.41, 5.74) is 1.30. The summed E-state index contributed by atoms with van der Waals surface area (Å²) < 4.78 is 25.6. The summed E-state index contributed by atoms with van der Waals surface area (Å²) in [5, 5.41) is 9.39. The Morgan fingerprint density at radius 2 is 2.04 bits per heavy atom. The maximum atomic E-state index is 14.2. The predicted molar refractivity (Wildman–Crippen MR) is 95.4 cm³/mol. The number of hydrogen-bond donors (Lipinski definition) is 1. The zero-order valence-electron chi connectivity index (χ0n) is 14.6. The molecule has 1 aliphatic carbocycles. The van der Waals surface area contributed by atoms with Crippen molar-refractivity contribution in [2.75, 3.05) is 13.2 Å². The normalized spacial score (nSPS) is 15.0. The van der Waals surface area contributed by atoms with Crippen molar-refractivity contribution in [2.45, 2.75) is 25.7 Å². The van der Waals surface area contributed by atoms with Crippen LogP contribution in [0.2, 0.25) is 0 Å². The fourth-order valence-electron chi connectivity index (χ4n) is 3.59. The molecule has 26 heavy (non-hydrogen) atoms. The maximum absolute atomic E-state index is 14.2. The van der Waals surface area contributed by atoms with Crippen LogP contribution < -0.4 is 4.74 Å². The number of para-hydroxylation sites is 1. The Kier molecular flexibility index (Phi) is 3.84. The number of furan rings is 1. The number of halogens is 1. The molecule has 134 valence electrons. The van der Waals surface area contributed by atoms with E-state index in [0.29, 0.717) is 41.1 Å². The van der Waals surface area contributed by atoms with Gasteiger partial charge in [0.2, 0.25) is 0 Å². The molecule has 1 heterocycles. The minimum atomic E-state index is -0.611. The molecule has 0 atom stereocenters. The van der Waals surface area contributed by atoms with Gasteiger partial charge in [-0.15, -0.1) is 0 Å². The van der Waals surface area contributed by atoms with Crippen molar-refractivity contribution in [3.8, 4) is 5.75 Å². The van der Waals surface area contributed by atoms with E-state index in [1.807, 2.05) is 19.9 Å². The minimum absolute atomic E-state index is 0.0584. The summed E-state index contributed by atoms with van der Waals surface area (Å²) in [6, 6.07) is 9.95. The van der Waals surface area contributed by atoms with Crippen molar-refractivity contribution in [3.05, 3.63) is 64.7 Å². The topological polar surface area (TPSA) is 59.7 Å². The zero-order valence-corrected chi connectivity index (χ0v) is 14.6. The van der Waals surface area contributed by atoms with E-state index < -0.39 is 11.2 Å². The lowest BCUT2D eigenvalue weighted by atomic mass is 9.72. The fraction of sp³-hybridized carbons (Fsp3) is 0.286. The number of rotatable bonds is 4. The van der Waals surface area contributed by atoms with E-state index in [-0.39, 0.29) is 18.0 Å². The fourth-order valence-corrected chi connectivity index (χ4v) is 3.59. The molecule has 5 heteroatoms. The van der Waals surface area contributed by atoms with Crippen molar-refractivity contribution in [1.82, 2.24) is 0 Å². The molecule has 2 aromatic carbocycles. The molecule has 1 N–H and O–H groups in total. The molecule has 3 aromatic rings. The third kappa shape index (κ3) is 2.35. The van der Waals surface area contributed by atoms with Crippen LogP contribution in [0.15, 0.2) is 40.8 Å². The maximum Gasteiger partial charge on any atom is 0.197 e. The molecule has 0 fully saturated rings. The van der Waals surface area contributed by atoms with Gasteiger partial charge < -0.3 is 14.3 Å². The van der Waals surface area contributed by atoms with Crippen LogP contribution in [-0.4, -0.2) is 24.1 Å². The van der Waals surface area contributed by atoms with Crippen LogP contribution in [0, 0.1) is 5.82 Å². The SMILES string of the molecule is CC1(C)c2cc(OCCCO)ccc2C(=O)c2c1oc1c(F)cccc21. The van der Waals surface area contributed by atoms with E-state index in [1.54, 1.807) is 24.3 Å². The van der Waals surface area contributed by atoms with Crippen molar-refractivity contribution in [1.29, 1.82) is 0 Å². The van der Waals surface area contributed by atoms with Crippen LogP contribution in [0.3, 0.4) is 0 Å². The predicted octanol–water partition coefficient (Wildman–Crippen LogP) is 4.20. The quantitative estimate of drug-likeness (QED) is 0.713. The number of ketones is 1. The minimum Gasteiger partial charge on any atom is -0.493 e.